The Bertz CT molecular complexity index is 345. The quantitative estimate of drug-likeness (QED) is 0.846. The monoisotopic (exact) mass is 226 g/mol. The molecule has 0 aromatic carbocycles. The molecule has 1 aromatic rings. The average Bonchev–Trinajstić information content (AvgIpc) is 2.84. The van der Waals surface area contributed by atoms with Crippen molar-refractivity contribution < 1.29 is 9.53 Å². The van der Waals surface area contributed by atoms with Gasteiger partial charge in [0.25, 0.3) is 5.91 Å². The van der Waals surface area contributed by atoms with Crippen LogP contribution in [0.1, 0.15) is 28.2 Å². The van der Waals surface area contributed by atoms with Crippen molar-refractivity contribution in [3.63, 3.8) is 0 Å². The van der Waals surface area contributed by atoms with Crippen molar-refractivity contribution in [1.29, 1.82) is 0 Å². The molecule has 1 fully saturated rings. The van der Waals surface area contributed by atoms with E-state index in [9.17, 15) is 4.79 Å². The van der Waals surface area contributed by atoms with E-state index in [0.717, 1.165) is 24.3 Å². The molecule has 1 N–H and O–H groups in total. The number of hydrogen-bond donors (Lipinski definition) is 1. The largest absolute Gasteiger partial charge is 0.376 e. The van der Waals surface area contributed by atoms with Gasteiger partial charge in [0.15, 0.2) is 0 Å². The van der Waals surface area contributed by atoms with Crippen LogP contribution in [0.15, 0.2) is 6.07 Å². The Labute approximate surface area is 92.8 Å². The molecule has 5 heteroatoms. The first kappa shape index (κ1) is 10.6. The predicted octanol–water partition coefficient (Wildman–Crippen LogP) is 1.36. The number of nitrogens with zero attached hydrogens (tertiary/aromatic N) is 1. The molecule has 1 aliphatic heterocycles. The van der Waals surface area contributed by atoms with Crippen molar-refractivity contribution >= 4 is 17.4 Å². The van der Waals surface area contributed by atoms with E-state index < -0.39 is 0 Å². The molecule has 0 radical (unpaired) electrons. The zero-order valence-corrected chi connectivity index (χ0v) is 9.47. The fraction of sp³-hybridized carbons (Fsp3) is 0.600. The molecule has 0 bridgehead atoms. The fourth-order valence-corrected chi connectivity index (χ4v) is 2.12. The second-order valence-electron chi connectivity index (χ2n) is 3.67. The minimum atomic E-state index is -0.102. The van der Waals surface area contributed by atoms with Crippen molar-refractivity contribution in [2.75, 3.05) is 13.2 Å². The summed E-state index contributed by atoms with van der Waals surface area (Å²) in [4.78, 5) is 12.6. The molecule has 2 rings (SSSR count). The summed E-state index contributed by atoms with van der Waals surface area (Å²) in [6.07, 6.45) is 2.32. The molecule has 82 valence electrons. The molecule has 1 atom stereocenters. The highest BCUT2D eigenvalue weighted by molar-refractivity contribution is 7.05. The van der Waals surface area contributed by atoms with E-state index in [0.29, 0.717) is 12.2 Å². The summed E-state index contributed by atoms with van der Waals surface area (Å²) in [6, 6.07) is 1.80. The number of rotatable bonds is 3. The number of aryl methyl sites for hydroxylation is 1. The van der Waals surface area contributed by atoms with Crippen molar-refractivity contribution in [2.45, 2.75) is 25.9 Å². The lowest BCUT2D eigenvalue weighted by Gasteiger charge is -2.09. The Kier molecular flexibility index (Phi) is 3.33. The van der Waals surface area contributed by atoms with E-state index >= 15 is 0 Å². The van der Waals surface area contributed by atoms with Gasteiger partial charge >= 0.3 is 0 Å². The molecule has 2 heterocycles. The van der Waals surface area contributed by atoms with Crippen molar-refractivity contribution in [2.24, 2.45) is 0 Å². The molecule has 15 heavy (non-hydrogen) atoms. The summed E-state index contributed by atoms with van der Waals surface area (Å²) in [5.41, 5.74) is 0.510. The van der Waals surface area contributed by atoms with Gasteiger partial charge in [0.1, 0.15) is 5.69 Å². The highest BCUT2D eigenvalue weighted by Crippen LogP contribution is 2.11. The molecule has 0 saturated carbocycles. The lowest BCUT2D eigenvalue weighted by atomic mass is 10.2. The average molecular weight is 226 g/mol. The second kappa shape index (κ2) is 4.72. The normalized spacial score (nSPS) is 20.5. The maximum atomic E-state index is 11.6. The van der Waals surface area contributed by atoms with Gasteiger partial charge in [-0.1, -0.05) is 0 Å². The lowest BCUT2D eigenvalue weighted by molar-refractivity contribution is 0.0854. The maximum Gasteiger partial charge on any atom is 0.271 e. The van der Waals surface area contributed by atoms with Gasteiger partial charge in [0.2, 0.25) is 0 Å². The maximum absolute atomic E-state index is 11.6. The smallest absolute Gasteiger partial charge is 0.271 e. The van der Waals surface area contributed by atoms with Crippen molar-refractivity contribution in [1.82, 2.24) is 9.69 Å². The van der Waals surface area contributed by atoms with Crippen LogP contribution in [-0.4, -0.2) is 29.5 Å². The highest BCUT2D eigenvalue weighted by atomic mass is 32.1. The van der Waals surface area contributed by atoms with Crippen LogP contribution in [0.2, 0.25) is 0 Å². The van der Waals surface area contributed by atoms with Gasteiger partial charge in [0, 0.05) is 18.0 Å². The van der Waals surface area contributed by atoms with Gasteiger partial charge < -0.3 is 10.1 Å². The standard InChI is InChI=1S/C10H14N2O2S/c1-7-5-9(12-15-7)10(13)11-6-8-3-2-4-14-8/h5,8H,2-4,6H2,1H3,(H,11,13)/t8-/m0/s1. The first-order valence-corrected chi connectivity index (χ1v) is 5.86. The number of hydrogen-bond acceptors (Lipinski definition) is 4. The Hall–Kier alpha value is -0.940. The third-order valence-corrected chi connectivity index (χ3v) is 3.07. The molecule has 0 spiro atoms. The number of nitrogens with one attached hydrogen (secondary N) is 1. The van der Waals surface area contributed by atoms with Crippen LogP contribution in [0.25, 0.3) is 0 Å². The number of amides is 1. The number of carbonyl (C=O) groups excluding carboxylic acids is 1. The van der Waals surface area contributed by atoms with Crippen LogP contribution in [0.3, 0.4) is 0 Å². The van der Waals surface area contributed by atoms with Crippen molar-refractivity contribution in [3.05, 3.63) is 16.6 Å². The van der Waals surface area contributed by atoms with Gasteiger partial charge in [-0.05, 0) is 37.4 Å². The van der Waals surface area contributed by atoms with E-state index in [4.69, 9.17) is 4.74 Å². The lowest BCUT2D eigenvalue weighted by Crippen LogP contribution is -2.31. The van der Waals surface area contributed by atoms with E-state index in [-0.39, 0.29) is 12.0 Å². The first-order valence-electron chi connectivity index (χ1n) is 5.09. The number of carbonyl (C=O) groups is 1. The van der Waals surface area contributed by atoms with Crippen LogP contribution < -0.4 is 5.32 Å². The fourth-order valence-electron chi connectivity index (χ4n) is 1.58. The summed E-state index contributed by atoms with van der Waals surface area (Å²) >= 11 is 1.35. The van der Waals surface area contributed by atoms with Crippen LogP contribution in [0.4, 0.5) is 0 Å². The van der Waals surface area contributed by atoms with Gasteiger partial charge in [-0.3, -0.25) is 4.79 Å². The minimum Gasteiger partial charge on any atom is -0.376 e. The minimum absolute atomic E-state index is 0.102. The Balaban J connectivity index is 1.81. The molecular formula is C10H14N2O2S. The summed E-state index contributed by atoms with van der Waals surface area (Å²) in [6.45, 7) is 3.35. The van der Waals surface area contributed by atoms with Crippen LogP contribution in [0.5, 0.6) is 0 Å². The summed E-state index contributed by atoms with van der Waals surface area (Å²) < 4.78 is 9.46. The van der Waals surface area contributed by atoms with Gasteiger partial charge in [0.05, 0.1) is 6.10 Å². The molecule has 4 nitrogen and oxygen atoms in total. The Morgan fingerprint density at radius 2 is 2.67 bits per heavy atom. The topological polar surface area (TPSA) is 51.2 Å². The summed E-state index contributed by atoms with van der Waals surface area (Å²) in [5, 5.41) is 2.83. The summed E-state index contributed by atoms with van der Waals surface area (Å²) in [7, 11) is 0. The molecule has 1 aliphatic rings. The van der Waals surface area contributed by atoms with Gasteiger partial charge in [-0.25, -0.2) is 0 Å². The zero-order chi connectivity index (χ0) is 10.7. The molecule has 0 unspecified atom stereocenters. The third kappa shape index (κ3) is 2.76. The van der Waals surface area contributed by atoms with Gasteiger partial charge in [-0.2, -0.15) is 4.37 Å². The third-order valence-electron chi connectivity index (χ3n) is 2.37. The SMILES string of the molecule is Cc1cc(C(=O)NC[C@@H]2CCCO2)ns1. The summed E-state index contributed by atoms with van der Waals surface area (Å²) in [5.74, 6) is -0.102. The predicted molar refractivity (Wildman–Crippen MR) is 58.2 cm³/mol. The number of ether oxygens (including phenoxy) is 1. The van der Waals surface area contributed by atoms with E-state index in [1.165, 1.54) is 11.5 Å². The van der Waals surface area contributed by atoms with Crippen LogP contribution in [0, 0.1) is 6.92 Å². The Morgan fingerprint density at radius 3 is 3.27 bits per heavy atom. The second-order valence-corrected chi connectivity index (χ2v) is 4.68. The molecule has 1 aromatic heterocycles. The highest BCUT2D eigenvalue weighted by Gasteiger charge is 2.17. The molecule has 0 aliphatic carbocycles. The first-order chi connectivity index (χ1) is 7.25. The number of aromatic nitrogens is 1. The van der Waals surface area contributed by atoms with Crippen LogP contribution in [-0.2, 0) is 4.74 Å². The van der Waals surface area contributed by atoms with Crippen molar-refractivity contribution in [3.8, 4) is 0 Å². The van der Waals surface area contributed by atoms with Crippen LogP contribution >= 0.6 is 11.5 Å². The van der Waals surface area contributed by atoms with E-state index in [2.05, 4.69) is 9.69 Å². The van der Waals surface area contributed by atoms with Gasteiger partial charge in [-0.15, -0.1) is 0 Å². The van der Waals surface area contributed by atoms with E-state index in [1.54, 1.807) is 6.07 Å². The van der Waals surface area contributed by atoms with E-state index in [1.807, 2.05) is 6.92 Å². The molecular weight excluding hydrogens is 212 g/mol. The zero-order valence-electron chi connectivity index (χ0n) is 8.66. The Morgan fingerprint density at radius 1 is 1.80 bits per heavy atom. The molecule has 1 saturated heterocycles. The molecule has 1 amide bonds.